The summed E-state index contributed by atoms with van der Waals surface area (Å²) in [6, 6.07) is 10.5. The maximum Gasteiger partial charge on any atom is 0.0460 e. The predicted molar refractivity (Wildman–Crippen MR) is 81.1 cm³/mol. The molecule has 96 valence electrons. The first-order valence-corrected chi connectivity index (χ1v) is 6.88. The first-order chi connectivity index (χ1) is 9.24. The fourth-order valence-electron chi connectivity index (χ4n) is 2.14. The third-order valence-electron chi connectivity index (χ3n) is 2.90. The van der Waals surface area contributed by atoms with Gasteiger partial charge in [0.1, 0.15) is 0 Å². The van der Waals surface area contributed by atoms with Crippen LogP contribution in [0.25, 0.3) is 22.0 Å². The minimum Gasteiger partial charge on any atom is -0.361 e. The Labute approximate surface area is 116 Å². The Morgan fingerprint density at radius 3 is 2.84 bits per heavy atom. The zero-order valence-electron chi connectivity index (χ0n) is 10.9. The number of hydrogen-bond donors (Lipinski definition) is 1. The van der Waals surface area contributed by atoms with Crippen molar-refractivity contribution in [2.24, 2.45) is 0 Å². The highest BCUT2D eigenvalue weighted by atomic mass is 32.2. The van der Waals surface area contributed by atoms with Crippen LogP contribution in [0.1, 0.15) is 0 Å². The molecule has 0 fully saturated rings. The highest BCUT2D eigenvalue weighted by Crippen LogP contribution is 2.30. The zero-order chi connectivity index (χ0) is 13.2. The van der Waals surface area contributed by atoms with Crippen molar-refractivity contribution in [3.63, 3.8) is 0 Å². The zero-order valence-corrected chi connectivity index (χ0v) is 11.7. The number of aromatic nitrogens is 2. The van der Waals surface area contributed by atoms with Gasteiger partial charge in [-0.15, -0.1) is 0 Å². The Hall–Kier alpha value is -1.78. The molecule has 0 aliphatic rings. The molecule has 1 aromatic carbocycles. The molecule has 3 aromatic rings. The van der Waals surface area contributed by atoms with Crippen molar-refractivity contribution in [1.29, 1.82) is 0 Å². The monoisotopic (exact) mass is 269 g/mol. The molecule has 4 heteroatoms. The van der Waals surface area contributed by atoms with Crippen LogP contribution in [0.5, 0.6) is 0 Å². The second-order valence-corrected chi connectivity index (χ2v) is 5.95. The average molecular weight is 269 g/mol. The lowest BCUT2D eigenvalue weighted by Crippen LogP contribution is -1.98. The minimum atomic E-state index is 1.14. The van der Waals surface area contributed by atoms with E-state index >= 15 is 0 Å². The Morgan fingerprint density at radius 2 is 2.00 bits per heavy atom. The number of fused-ring (bicyclic) bond motifs is 1. The highest BCUT2D eigenvalue weighted by Gasteiger charge is 2.07. The van der Waals surface area contributed by atoms with Gasteiger partial charge in [0.15, 0.2) is 0 Å². The van der Waals surface area contributed by atoms with Gasteiger partial charge in [0.2, 0.25) is 0 Å². The number of aromatic amines is 1. The highest BCUT2D eigenvalue weighted by molar-refractivity contribution is 7.97. The van der Waals surface area contributed by atoms with Crippen LogP contribution in [-0.4, -0.2) is 28.4 Å². The van der Waals surface area contributed by atoms with Crippen molar-refractivity contribution in [2.45, 2.75) is 4.90 Å². The third kappa shape index (κ3) is 2.50. The molecule has 19 heavy (non-hydrogen) atoms. The van der Waals surface area contributed by atoms with E-state index in [0.717, 1.165) is 16.0 Å². The molecule has 0 saturated carbocycles. The Bertz CT molecular complexity index is 703. The Balaban J connectivity index is 2.06. The van der Waals surface area contributed by atoms with E-state index in [1.807, 2.05) is 38.8 Å². The van der Waals surface area contributed by atoms with Crippen LogP contribution in [-0.2, 0) is 0 Å². The van der Waals surface area contributed by atoms with Crippen molar-refractivity contribution < 1.29 is 0 Å². The fraction of sp³-hybridized carbons (Fsp3) is 0.133. The first-order valence-electron chi connectivity index (χ1n) is 6.11. The standard InChI is InChI=1S/C15H15N3S/c1-18(2)19-12-7-11(8-16-9-12)14-10-17-15-6-4-3-5-13(14)15/h3-10,17H,1-2H3. The van der Waals surface area contributed by atoms with E-state index in [9.17, 15) is 0 Å². The number of para-hydroxylation sites is 1. The second kappa shape index (κ2) is 5.07. The van der Waals surface area contributed by atoms with Crippen LogP contribution in [0.2, 0.25) is 0 Å². The van der Waals surface area contributed by atoms with E-state index < -0.39 is 0 Å². The van der Waals surface area contributed by atoms with Gasteiger partial charge in [-0.1, -0.05) is 18.2 Å². The number of hydrogen-bond acceptors (Lipinski definition) is 3. The number of rotatable bonds is 3. The van der Waals surface area contributed by atoms with Crippen molar-refractivity contribution in [1.82, 2.24) is 14.3 Å². The summed E-state index contributed by atoms with van der Waals surface area (Å²) >= 11 is 1.68. The molecule has 0 aliphatic heterocycles. The van der Waals surface area contributed by atoms with Gasteiger partial charge in [0, 0.05) is 45.5 Å². The summed E-state index contributed by atoms with van der Waals surface area (Å²) < 4.78 is 2.07. The smallest absolute Gasteiger partial charge is 0.0460 e. The number of nitrogens with one attached hydrogen (secondary N) is 1. The van der Waals surface area contributed by atoms with E-state index in [2.05, 4.69) is 38.5 Å². The van der Waals surface area contributed by atoms with Gasteiger partial charge < -0.3 is 4.98 Å². The molecule has 3 nitrogen and oxygen atoms in total. The molecule has 0 radical (unpaired) electrons. The lowest BCUT2D eigenvalue weighted by atomic mass is 10.1. The fourth-order valence-corrected chi connectivity index (χ4v) is 2.85. The van der Waals surface area contributed by atoms with Crippen LogP contribution in [0.4, 0.5) is 0 Å². The van der Waals surface area contributed by atoms with Gasteiger partial charge in [0.25, 0.3) is 0 Å². The second-order valence-electron chi connectivity index (χ2n) is 4.56. The summed E-state index contributed by atoms with van der Waals surface area (Å²) in [5.41, 5.74) is 3.50. The van der Waals surface area contributed by atoms with E-state index in [1.165, 1.54) is 10.9 Å². The van der Waals surface area contributed by atoms with E-state index in [-0.39, 0.29) is 0 Å². The summed E-state index contributed by atoms with van der Waals surface area (Å²) in [4.78, 5) is 8.79. The van der Waals surface area contributed by atoms with Gasteiger partial charge in [-0.25, -0.2) is 0 Å². The molecule has 2 aromatic heterocycles. The number of pyridine rings is 1. The Morgan fingerprint density at radius 1 is 1.16 bits per heavy atom. The molecule has 0 atom stereocenters. The van der Waals surface area contributed by atoms with Gasteiger partial charge in [-0.05, 0) is 38.2 Å². The number of H-pyrrole nitrogens is 1. The van der Waals surface area contributed by atoms with Crippen molar-refractivity contribution in [2.75, 3.05) is 14.1 Å². The van der Waals surface area contributed by atoms with Gasteiger partial charge in [-0.2, -0.15) is 0 Å². The lowest BCUT2D eigenvalue weighted by molar-refractivity contribution is 0.702. The largest absolute Gasteiger partial charge is 0.361 e. The van der Waals surface area contributed by atoms with Gasteiger partial charge in [0.05, 0.1) is 0 Å². The minimum absolute atomic E-state index is 1.14. The number of benzene rings is 1. The molecular formula is C15H15N3S. The summed E-state index contributed by atoms with van der Waals surface area (Å²) in [5, 5.41) is 1.23. The molecule has 0 unspecified atom stereocenters. The van der Waals surface area contributed by atoms with Crippen molar-refractivity contribution >= 4 is 22.9 Å². The van der Waals surface area contributed by atoms with Crippen molar-refractivity contribution in [3.8, 4) is 11.1 Å². The molecule has 0 bridgehead atoms. The van der Waals surface area contributed by atoms with Crippen LogP contribution in [0.3, 0.4) is 0 Å². The van der Waals surface area contributed by atoms with Gasteiger partial charge in [-0.3, -0.25) is 9.29 Å². The summed E-state index contributed by atoms with van der Waals surface area (Å²) in [7, 11) is 4.06. The first kappa shape index (κ1) is 12.3. The molecule has 0 saturated heterocycles. The third-order valence-corrected chi connectivity index (χ3v) is 3.70. The predicted octanol–water partition coefficient (Wildman–Crippen LogP) is 3.80. The van der Waals surface area contributed by atoms with Crippen LogP contribution in [0.15, 0.2) is 53.8 Å². The maximum atomic E-state index is 4.34. The Kier molecular flexibility index (Phi) is 3.27. The molecule has 1 N–H and O–H groups in total. The molecule has 2 heterocycles. The van der Waals surface area contributed by atoms with E-state index in [1.54, 1.807) is 11.9 Å². The SMILES string of the molecule is CN(C)Sc1cncc(-c2c[nH]c3ccccc23)c1. The van der Waals surface area contributed by atoms with E-state index in [4.69, 9.17) is 0 Å². The van der Waals surface area contributed by atoms with Gasteiger partial charge >= 0.3 is 0 Å². The van der Waals surface area contributed by atoms with E-state index in [0.29, 0.717) is 0 Å². The molecular weight excluding hydrogens is 254 g/mol. The molecule has 0 aliphatic carbocycles. The molecule has 0 amide bonds. The summed E-state index contributed by atoms with van der Waals surface area (Å²) in [6.45, 7) is 0. The molecule has 3 rings (SSSR count). The average Bonchev–Trinajstić information content (AvgIpc) is 2.82. The summed E-state index contributed by atoms with van der Waals surface area (Å²) in [6.07, 6.45) is 5.85. The van der Waals surface area contributed by atoms with Crippen LogP contribution in [0, 0.1) is 0 Å². The van der Waals surface area contributed by atoms with Crippen molar-refractivity contribution in [3.05, 3.63) is 48.9 Å². The molecule has 0 spiro atoms. The normalized spacial score (nSPS) is 11.3. The van der Waals surface area contributed by atoms with Crippen LogP contribution < -0.4 is 0 Å². The van der Waals surface area contributed by atoms with Crippen LogP contribution >= 0.6 is 11.9 Å². The summed E-state index contributed by atoms with van der Waals surface area (Å²) in [5.74, 6) is 0. The lowest BCUT2D eigenvalue weighted by Gasteiger charge is -2.08. The topological polar surface area (TPSA) is 31.9 Å². The quantitative estimate of drug-likeness (QED) is 0.734. The maximum absolute atomic E-state index is 4.34. The number of nitrogens with zero attached hydrogens (tertiary/aromatic N) is 2.